The quantitative estimate of drug-likeness (QED) is 0.619. The number of carbonyl (C=O) groups excluding carboxylic acids is 1. The summed E-state index contributed by atoms with van der Waals surface area (Å²) < 4.78 is 45.9. The van der Waals surface area contributed by atoms with E-state index in [0.29, 0.717) is 5.75 Å². The lowest BCUT2D eigenvalue weighted by molar-refractivity contribution is -0.137. The first-order chi connectivity index (χ1) is 14.7. The molecule has 3 aromatic rings. The van der Waals surface area contributed by atoms with Crippen LogP contribution in [-0.4, -0.2) is 53.6 Å². The van der Waals surface area contributed by atoms with Crippen molar-refractivity contribution in [3.8, 4) is 11.4 Å². The molecular formula is C21H22F3N5O2. The summed E-state index contributed by atoms with van der Waals surface area (Å²) in [6.07, 6.45) is -3.38. The maximum absolute atomic E-state index is 13.2. The van der Waals surface area contributed by atoms with Gasteiger partial charge in [0.05, 0.1) is 30.6 Å². The van der Waals surface area contributed by atoms with Crippen molar-refractivity contribution in [1.29, 1.82) is 0 Å². The van der Waals surface area contributed by atoms with Gasteiger partial charge in [0.2, 0.25) is 0 Å². The summed E-state index contributed by atoms with van der Waals surface area (Å²) in [6.45, 7) is 0.255. The molecule has 10 heteroatoms. The Morgan fingerprint density at radius 1 is 1.19 bits per heavy atom. The van der Waals surface area contributed by atoms with Crippen LogP contribution in [0.5, 0.6) is 5.75 Å². The van der Waals surface area contributed by atoms with Gasteiger partial charge in [-0.2, -0.15) is 13.2 Å². The van der Waals surface area contributed by atoms with Crippen molar-refractivity contribution in [2.45, 2.75) is 12.2 Å². The van der Waals surface area contributed by atoms with E-state index in [1.54, 1.807) is 7.11 Å². The summed E-state index contributed by atoms with van der Waals surface area (Å²) in [5.41, 5.74) is -0.214. The van der Waals surface area contributed by atoms with E-state index in [1.807, 2.05) is 43.3 Å². The molecule has 164 valence electrons. The number of likely N-dealkylation sites (N-methyl/N-ethyl adjacent to an activating group) is 1. The summed E-state index contributed by atoms with van der Waals surface area (Å²) >= 11 is 0. The molecule has 0 fully saturated rings. The smallest absolute Gasteiger partial charge is 0.418 e. The first-order valence-electron chi connectivity index (χ1n) is 9.38. The third-order valence-corrected chi connectivity index (χ3v) is 4.74. The number of para-hydroxylation sites is 1. The highest BCUT2D eigenvalue weighted by atomic mass is 19.4. The van der Waals surface area contributed by atoms with E-state index in [2.05, 4.69) is 15.6 Å². The van der Waals surface area contributed by atoms with Crippen LogP contribution >= 0.6 is 0 Å². The minimum Gasteiger partial charge on any atom is -0.497 e. The van der Waals surface area contributed by atoms with Crippen LogP contribution in [-0.2, 0) is 6.18 Å². The number of carbonyl (C=O) groups is 1. The minimum atomic E-state index is -4.55. The number of halogens is 3. The molecule has 0 aliphatic heterocycles. The topological polar surface area (TPSA) is 72.3 Å². The van der Waals surface area contributed by atoms with E-state index in [-0.39, 0.29) is 24.0 Å². The first-order valence-corrected chi connectivity index (χ1v) is 9.38. The summed E-state index contributed by atoms with van der Waals surface area (Å²) in [4.78, 5) is 14.5. The molecule has 0 aliphatic carbocycles. The second-order valence-electron chi connectivity index (χ2n) is 7.03. The van der Waals surface area contributed by atoms with Crippen LogP contribution < -0.4 is 10.1 Å². The molecule has 2 aromatic carbocycles. The van der Waals surface area contributed by atoms with Crippen molar-refractivity contribution in [2.75, 3.05) is 27.7 Å². The minimum absolute atomic E-state index is 0.0832. The van der Waals surface area contributed by atoms with E-state index >= 15 is 0 Å². The molecule has 1 N–H and O–H groups in total. The molecule has 1 atom stereocenters. The lowest BCUT2D eigenvalue weighted by atomic mass is 10.1. The Balaban J connectivity index is 1.76. The average Bonchev–Trinajstić information content (AvgIpc) is 3.23. The Morgan fingerprint density at radius 3 is 2.61 bits per heavy atom. The van der Waals surface area contributed by atoms with E-state index in [0.717, 1.165) is 16.3 Å². The molecular weight excluding hydrogens is 411 g/mol. The van der Waals surface area contributed by atoms with Crippen molar-refractivity contribution in [1.82, 2.24) is 25.2 Å². The molecule has 7 nitrogen and oxygen atoms in total. The number of aromatic nitrogens is 3. The molecule has 0 saturated carbocycles. The highest BCUT2D eigenvalue weighted by molar-refractivity contribution is 5.91. The second-order valence-corrected chi connectivity index (χ2v) is 7.03. The largest absolute Gasteiger partial charge is 0.497 e. The number of benzene rings is 2. The van der Waals surface area contributed by atoms with E-state index in [9.17, 15) is 18.0 Å². The Labute approximate surface area is 177 Å². The number of alkyl halides is 3. The van der Waals surface area contributed by atoms with Crippen molar-refractivity contribution < 1.29 is 22.7 Å². The molecule has 1 amide bonds. The van der Waals surface area contributed by atoms with Gasteiger partial charge in [0.1, 0.15) is 5.75 Å². The zero-order valence-corrected chi connectivity index (χ0v) is 17.2. The fourth-order valence-corrected chi connectivity index (χ4v) is 3.13. The van der Waals surface area contributed by atoms with Gasteiger partial charge < -0.3 is 15.0 Å². The van der Waals surface area contributed by atoms with Crippen molar-refractivity contribution in [3.63, 3.8) is 0 Å². The third kappa shape index (κ3) is 5.21. The number of hydrogen-bond donors (Lipinski definition) is 1. The van der Waals surface area contributed by atoms with Gasteiger partial charge in [0, 0.05) is 6.54 Å². The predicted molar refractivity (Wildman–Crippen MR) is 108 cm³/mol. The van der Waals surface area contributed by atoms with Crippen LogP contribution in [0.15, 0.2) is 54.7 Å². The van der Waals surface area contributed by atoms with Gasteiger partial charge in [0.15, 0.2) is 5.69 Å². The number of nitrogens with one attached hydrogen (secondary N) is 1. The maximum atomic E-state index is 13.2. The van der Waals surface area contributed by atoms with Crippen LogP contribution in [0.25, 0.3) is 5.69 Å². The lowest BCUT2D eigenvalue weighted by Gasteiger charge is -2.25. The van der Waals surface area contributed by atoms with Gasteiger partial charge in [-0.25, -0.2) is 4.68 Å². The summed E-state index contributed by atoms with van der Waals surface area (Å²) in [5, 5.41) is 10.2. The van der Waals surface area contributed by atoms with Crippen LogP contribution in [0.1, 0.15) is 27.7 Å². The van der Waals surface area contributed by atoms with Gasteiger partial charge >= 0.3 is 6.18 Å². The van der Waals surface area contributed by atoms with Crippen LogP contribution in [0.2, 0.25) is 0 Å². The Kier molecular flexibility index (Phi) is 6.59. The average molecular weight is 433 g/mol. The van der Waals surface area contributed by atoms with Crippen molar-refractivity contribution in [3.05, 3.63) is 71.5 Å². The molecule has 3 rings (SSSR count). The Bertz CT molecular complexity index is 1050. The Morgan fingerprint density at radius 2 is 1.94 bits per heavy atom. The number of methoxy groups -OCH3 is 1. The standard InChI is InChI=1S/C21H22F3N5O2/c1-28(2)19(14-7-6-8-15(11-14)31-3)12-25-20(30)17-13-29(27-26-17)18-10-5-4-9-16(18)21(22,23)24/h4-11,13,19H,12H2,1-3H3,(H,25,30). The van der Waals surface area contributed by atoms with Gasteiger partial charge in [-0.05, 0) is 43.9 Å². The zero-order chi connectivity index (χ0) is 22.6. The second kappa shape index (κ2) is 9.17. The summed E-state index contributed by atoms with van der Waals surface area (Å²) in [5.74, 6) is 0.160. The number of rotatable bonds is 7. The van der Waals surface area contributed by atoms with Crippen LogP contribution in [0.4, 0.5) is 13.2 Å². The first kappa shape index (κ1) is 22.3. The van der Waals surface area contributed by atoms with E-state index in [1.165, 1.54) is 24.4 Å². The van der Waals surface area contributed by atoms with Gasteiger partial charge in [0.25, 0.3) is 5.91 Å². The molecule has 0 spiro atoms. The molecule has 0 aliphatic rings. The van der Waals surface area contributed by atoms with Crippen molar-refractivity contribution >= 4 is 5.91 Å². The molecule has 31 heavy (non-hydrogen) atoms. The molecule has 1 heterocycles. The number of hydrogen-bond acceptors (Lipinski definition) is 5. The molecule has 1 unspecified atom stereocenters. The fraction of sp³-hybridized carbons (Fsp3) is 0.286. The van der Waals surface area contributed by atoms with E-state index < -0.39 is 17.6 Å². The zero-order valence-electron chi connectivity index (χ0n) is 17.2. The lowest BCUT2D eigenvalue weighted by Crippen LogP contribution is -2.34. The SMILES string of the molecule is COc1cccc(C(CNC(=O)c2cn(-c3ccccc3C(F)(F)F)nn2)N(C)C)c1. The summed E-state index contributed by atoms with van der Waals surface area (Å²) in [7, 11) is 5.33. The normalized spacial score (nSPS) is 12.6. The third-order valence-electron chi connectivity index (χ3n) is 4.74. The maximum Gasteiger partial charge on any atom is 0.418 e. The predicted octanol–water partition coefficient (Wildman–Crippen LogP) is 3.33. The van der Waals surface area contributed by atoms with Gasteiger partial charge in [-0.15, -0.1) is 5.10 Å². The van der Waals surface area contributed by atoms with Crippen LogP contribution in [0, 0.1) is 0 Å². The molecule has 0 saturated heterocycles. The summed E-state index contributed by atoms with van der Waals surface area (Å²) in [6, 6.07) is 12.3. The molecule has 0 radical (unpaired) electrons. The number of amides is 1. The van der Waals surface area contributed by atoms with E-state index in [4.69, 9.17) is 4.74 Å². The monoisotopic (exact) mass is 433 g/mol. The molecule has 1 aromatic heterocycles. The van der Waals surface area contributed by atoms with Gasteiger partial charge in [-0.3, -0.25) is 4.79 Å². The van der Waals surface area contributed by atoms with Crippen LogP contribution in [0.3, 0.4) is 0 Å². The fourth-order valence-electron chi connectivity index (χ4n) is 3.13. The highest BCUT2D eigenvalue weighted by Crippen LogP contribution is 2.33. The number of nitrogens with zero attached hydrogens (tertiary/aromatic N) is 4. The highest BCUT2D eigenvalue weighted by Gasteiger charge is 2.34. The van der Waals surface area contributed by atoms with Gasteiger partial charge in [-0.1, -0.05) is 29.5 Å². The molecule has 0 bridgehead atoms. The number of ether oxygens (including phenoxy) is 1. The Hall–Kier alpha value is -3.40. The van der Waals surface area contributed by atoms with Crippen molar-refractivity contribution in [2.24, 2.45) is 0 Å².